The topological polar surface area (TPSA) is 66.4 Å². The van der Waals surface area contributed by atoms with Gasteiger partial charge in [0, 0.05) is 5.56 Å². The van der Waals surface area contributed by atoms with Gasteiger partial charge in [0.2, 0.25) is 5.91 Å². The number of carboxylic acid groups (broad SMARTS) is 1. The van der Waals surface area contributed by atoms with Crippen LogP contribution in [0, 0.1) is 17.7 Å². The summed E-state index contributed by atoms with van der Waals surface area (Å²) in [5, 5.41) is 11.4. The number of aliphatic carboxylic acids is 1. The van der Waals surface area contributed by atoms with E-state index in [1.165, 1.54) is 6.07 Å². The van der Waals surface area contributed by atoms with Gasteiger partial charge in [-0.25, -0.2) is 4.39 Å². The van der Waals surface area contributed by atoms with Crippen molar-refractivity contribution < 1.29 is 19.1 Å². The van der Waals surface area contributed by atoms with Gasteiger partial charge in [-0.3, -0.25) is 9.59 Å². The fraction of sp³-hybridized carbons (Fsp3) is 0.385. The summed E-state index contributed by atoms with van der Waals surface area (Å²) in [6.45, 7) is 1.68. The highest BCUT2D eigenvalue weighted by molar-refractivity contribution is 5.89. The monoisotopic (exact) mass is 251 g/mol. The Kier molecular flexibility index (Phi) is 3.32. The third kappa shape index (κ3) is 2.50. The Morgan fingerprint density at radius 2 is 2.06 bits per heavy atom. The first-order chi connectivity index (χ1) is 8.50. The first-order valence-electron chi connectivity index (χ1n) is 5.78. The minimum absolute atomic E-state index is 0.321. The molecule has 0 aromatic heterocycles. The number of carbonyl (C=O) groups excluding carboxylic acids is 1. The number of hydrogen-bond donors (Lipinski definition) is 2. The smallest absolute Gasteiger partial charge is 0.307 e. The van der Waals surface area contributed by atoms with Crippen molar-refractivity contribution in [2.24, 2.45) is 11.8 Å². The van der Waals surface area contributed by atoms with Crippen molar-refractivity contribution in [3.05, 3.63) is 35.6 Å². The molecule has 1 saturated carbocycles. The van der Waals surface area contributed by atoms with Gasteiger partial charge in [-0.05, 0) is 19.4 Å². The Labute approximate surface area is 104 Å². The van der Waals surface area contributed by atoms with E-state index in [0.29, 0.717) is 12.0 Å². The molecule has 0 saturated heterocycles. The van der Waals surface area contributed by atoms with Gasteiger partial charge in [0.15, 0.2) is 0 Å². The van der Waals surface area contributed by atoms with Gasteiger partial charge in [-0.2, -0.15) is 0 Å². The van der Waals surface area contributed by atoms with Crippen LogP contribution in [-0.4, -0.2) is 17.0 Å². The Hall–Kier alpha value is -1.91. The highest BCUT2D eigenvalue weighted by atomic mass is 19.1. The Morgan fingerprint density at radius 3 is 2.61 bits per heavy atom. The highest BCUT2D eigenvalue weighted by Crippen LogP contribution is 2.39. The molecule has 5 heteroatoms. The Bertz CT molecular complexity index is 489. The van der Waals surface area contributed by atoms with Crippen molar-refractivity contribution in [3.63, 3.8) is 0 Å². The minimum atomic E-state index is -0.950. The molecule has 0 aliphatic heterocycles. The van der Waals surface area contributed by atoms with Crippen molar-refractivity contribution in [3.8, 4) is 0 Å². The molecule has 96 valence electrons. The van der Waals surface area contributed by atoms with E-state index in [1.807, 2.05) is 0 Å². The van der Waals surface area contributed by atoms with Gasteiger partial charge in [-0.1, -0.05) is 18.2 Å². The van der Waals surface area contributed by atoms with Crippen molar-refractivity contribution in [1.29, 1.82) is 0 Å². The van der Waals surface area contributed by atoms with Gasteiger partial charge in [0.1, 0.15) is 5.82 Å². The fourth-order valence-corrected chi connectivity index (χ4v) is 1.98. The van der Waals surface area contributed by atoms with Gasteiger partial charge in [0.25, 0.3) is 0 Å². The zero-order valence-corrected chi connectivity index (χ0v) is 9.89. The van der Waals surface area contributed by atoms with Gasteiger partial charge in [0.05, 0.1) is 17.9 Å². The average molecular weight is 251 g/mol. The molecule has 1 amide bonds. The maximum absolute atomic E-state index is 13.5. The van der Waals surface area contributed by atoms with E-state index >= 15 is 0 Å². The predicted molar refractivity (Wildman–Crippen MR) is 62.2 cm³/mol. The van der Waals surface area contributed by atoms with Crippen LogP contribution in [0.5, 0.6) is 0 Å². The second-order valence-electron chi connectivity index (χ2n) is 4.54. The molecule has 0 bridgehead atoms. The standard InChI is InChI=1S/C13H14FNO3/c1-7(8-4-2-3-5-11(8)14)15-12(16)9-6-10(9)13(17)18/h2-5,7,9-10H,6H2,1H3,(H,15,16)(H,17,18). The zero-order chi connectivity index (χ0) is 13.3. The van der Waals surface area contributed by atoms with Crippen LogP contribution in [0.15, 0.2) is 24.3 Å². The third-order valence-electron chi connectivity index (χ3n) is 3.17. The van der Waals surface area contributed by atoms with Crippen LogP contribution < -0.4 is 5.32 Å². The molecule has 18 heavy (non-hydrogen) atoms. The highest BCUT2D eigenvalue weighted by Gasteiger charge is 2.48. The summed E-state index contributed by atoms with van der Waals surface area (Å²) in [6, 6.07) is 5.73. The molecule has 1 aromatic rings. The molecule has 1 aliphatic rings. The number of carboxylic acids is 1. The van der Waals surface area contributed by atoms with Crippen molar-refractivity contribution in [2.75, 3.05) is 0 Å². The second-order valence-corrected chi connectivity index (χ2v) is 4.54. The van der Waals surface area contributed by atoms with E-state index in [4.69, 9.17) is 5.11 Å². The number of nitrogens with one attached hydrogen (secondary N) is 1. The summed E-state index contributed by atoms with van der Waals surface area (Å²) in [4.78, 5) is 22.4. The van der Waals surface area contributed by atoms with Crippen LogP contribution in [0.1, 0.15) is 24.9 Å². The molecule has 3 atom stereocenters. The lowest BCUT2D eigenvalue weighted by Crippen LogP contribution is -2.29. The first kappa shape index (κ1) is 12.5. The summed E-state index contributed by atoms with van der Waals surface area (Å²) in [5.41, 5.74) is 0.401. The van der Waals surface area contributed by atoms with Crippen LogP contribution in [0.2, 0.25) is 0 Å². The van der Waals surface area contributed by atoms with E-state index in [-0.39, 0.29) is 11.7 Å². The SMILES string of the molecule is CC(NC(=O)C1CC1C(=O)O)c1ccccc1F. The lowest BCUT2D eigenvalue weighted by molar-refractivity contribution is -0.140. The fourth-order valence-electron chi connectivity index (χ4n) is 1.98. The van der Waals surface area contributed by atoms with Crippen LogP contribution in [0.3, 0.4) is 0 Å². The normalized spacial score (nSPS) is 23.2. The molecular formula is C13H14FNO3. The van der Waals surface area contributed by atoms with Crippen molar-refractivity contribution in [2.45, 2.75) is 19.4 Å². The van der Waals surface area contributed by atoms with E-state index in [9.17, 15) is 14.0 Å². The van der Waals surface area contributed by atoms with Crippen LogP contribution in [0.4, 0.5) is 4.39 Å². The number of carbonyl (C=O) groups is 2. The van der Waals surface area contributed by atoms with Crippen molar-refractivity contribution in [1.82, 2.24) is 5.32 Å². The van der Waals surface area contributed by atoms with E-state index < -0.39 is 23.8 Å². The molecule has 4 nitrogen and oxygen atoms in total. The second kappa shape index (κ2) is 4.76. The molecular weight excluding hydrogens is 237 g/mol. The molecule has 0 spiro atoms. The Morgan fingerprint density at radius 1 is 1.39 bits per heavy atom. The molecule has 2 N–H and O–H groups in total. The number of hydrogen-bond acceptors (Lipinski definition) is 2. The molecule has 0 radical (unpaired) electrons. The number of benzene rings is 1. The quantitative estimate of drug-likeness (QED) is 0.856. The van der Waals surface area contributed by atoms with Crippen LogP contribution in [-0.2, 0) is 9.59 Å². The summed E-state index contributed by atoms with van der Waals surface area (Å²) < 4.78 is 13.5. The first-order valence-corrected chi connectivity index (χ1v) is 5.78. The zero-order valence-electron chi connectivity index (χ0n) is 9.89. The molecule has 1 fully saturated rings. The maximum Gasteiger partial charge on any atom is 0.307 e. The largest absolute Gasteiger partial charge is 0.481 e. The van der Waals surface area contributed by atoms with Gasteiger partial charge < -0.3 is 10.4 Å². The molecule has 0 heterocycles. The molecule has 2 rings (SSSR count). The van der Waals surface area contributed by atoms with Gasteiger partial charge in [-0.15, -0.1) is 0 Å². The predicted octanol–water partition coefficient (Wildman–Crippen LogP) is 1.72. The van der Waals surface area contributed by atoms with E-state index in [1.54, 1.807) is 25.1 Å². The number of halogens is 1. The Balaban J connectivity index is 1.97. The average Bonchev–Trinajstić information content (AvgIpc) is 3.09. The summed E-state index contributed by atoms with van der Waals surface area (Å²) in [6.07, 6.45) is 0.366. The summed E-state index contributed by atoms with van der Waals surface area (Å²) in [7, 11) is 0. The molecule has 1 aromatic carbocycles. The van der Waals surface area contributed by atoms with Gasteiger partial charge >= 0.3 is 5.97 Å². The van der Waals surface area contributed by atoms with Crippen LogP contribution >= 0.6 is 0 Å². The summed E-state index contributed by atoms with van der Waals surface area (Å²) in [5.74, 6) is -2.71. The number of rotatable bonds is 4. The summed E-state index contributed by atoms with van der Waals surface area (Å²) >= 11 is 0. The third-order valence-corrected chi connectivity index (χ3v) is 3.17. The van der Waals surface area contributed by atoms with E-state index in [2.05, 4.69) is 5.32 Å². The van der Waals surface area contributed by atoms with Crippen molar-refractivity contribution >= 4 is 11.9 Å². The lowest BCUT2D eigenvalue weighted by atomic mass is 10.1. The lowest BCUT2D eigenvalue weighted by Gasteiger charge is -2.14. The maximum atomic E-state index is 13.5. The molecule has 3 unspecified atom stereocenters. The van der Waals surface area contributed by atoms with E-state index in [0.717, 1.165) is 0 Å². The molecule has 1 aliphatic carbocycles. The number of amides is 1. The minimum Gasteiger partial charge on any atom is -0.481 e. The van der Waals surface area contributed by atoms with Crippen LogP contribution in [0.25, 0.3) is 0 Å².